The number of carbonyl (C=O) groups is 2. The Bertz CT molecular complexity index is 841. The molecule has 0 aliphatic heterocycles. The largest absolute Gasteiger partial charge is 0.487 e. The molecule has 0 aliphatic rings. The topological polar surface area (TPSA) is 81.4 Å². The minimum Gasteiger partial charge on any atom is -0.487 e. The molecule has 6 nitrogen and oxygen atoms in total. The van der Waals surface area contributed by atoms with Crippen LogP contribution < -0.4 is 10.1 Å². The van der Waals surface area contributed by atoms with Crippen LogP contribution in [0.3, 0.4) is 0 Å². The molecule has 2 aromatic heterocycles. The van der Waals surface area contributed by atoms with E-state index < -0.39 is 5.91 Å². The van der Waals surface area contributed by atoms with Crippen LogP contribution in [0.1, 0.15) is 16.1 Å². The third-order valence-electron chi connectivity index (χ3n) is 3.41. The summed E-state index contributed by atoms with van der Waals surface area (Å²) in [4.78, 5) is 26.3. The number of benzene rings is 1. The Balaban J connectivity index is 1.63. The van der Waals surface area contributed by atoms with Crippen LogP contribution in [-0.4, -0.2) is 23.7 Å². The summed E-state index contributed by atoms with van der Waals surface area (Å²) in [7, 11) is 0. The van der Waals surface area contributed by atoms with Crippen molar-refractivity contribution in [3.63, 3.8) is 0 Å². The lowest BCUT2D eigenvalue weighted by Crippen LogP contribution is -2.24. The summed E-state index contributed by atoms with van der Waals surface area (Å²) in [6, 6.07) is 16.6. The maximum absolute atomic E-state index is 11.7. The lowest BCUT2D eigenvalue weighted by Gasteiger charge is -2.06. The van der Waals surface area contributed by atoms with Gasteiger partial charge in [-0.15, -0.1) is 0 Å². The highest BCUT2D eigenvalue weighted by molar-refractivity contribution is 5.93. The highest BCUT2D eigenvalue weighted by Gasteiger charge is 2.12. The van der Waals surface area contributed by atoms with Crippen molar-refractivity contribution >= 4 is 12.2 Å². The molecular formula is C19H16N2O4. The van der Waals surface area contributed by atoms with Gasteiger partial charge in [-0.2, -0.15) is 0 Å². The fourth-order valence-corrected chi connectivity index (χ4v) is 2.17. The van der Waals surface area contributed by atoms with Gasteiger partial charge in [0.25, 0.3) is 5.91 Å². The van der Waals surface area contributed by atoms with E-state index in [1.807, 2.05) is 30.3 Å². The summed E-state index contributed by atoms with van der Waals surface area (Å²) in [6.07, 6.45) is 2.21. The summed E-state index contributed by atoms with van der Waals surface area (Å²) in [5.74, 6) is 0.790. The van der Waals surface area contributed by atoms with Crippen molar-refractivity contribution in [3.8, 4) is 17.2 Å². The molecule has 1 N–H and O–H groups in total. The average Bonchev–Trinajstić information content (AvgIpc) is 3.16. The number of nitrogens with zero attached hydrogens (tertiary/aromatic N) is 1. The lowest BCUT2D eigenvalue weighted by atomic mass is 10.2. The van der Waals surface area contributed by atoms with Gasteiger partial charge in [0.2, 0.25) is 0 Å². The normalized spacial score (nSPS) is 10.2. The van der Waals surface area contributed by atoms with Crippen molar-refractivity contribution in [3.05, 3.63) is 72.1 Å². The fourth-order valence-electron chi connectivity index (χ4n) is 2.17. The Morgan fingerprint density at radius 1 is 1.12 bits per heavy atom. The fraction of sp³-hybridized carbons (Fsp3) is 0.105. The molecule has 0 saturated heterocycles. The van der Waals surface area contributed by atoms with Gasteiger partial charge in [0.05, 0.1) is 12.7 Å². The predicted molar refractivity (Wildman–Crippen MR) is 91.1 cm³/mol. The number of rotatable bonds is 7. The molecule has 0 saturated carbocycles. The van der Waals surface area contributed by atoms with Crippen LogP contribution >= 0.6 is 0 Å². The molecule has 1 amide bonds. The second-order valence-corrected chi connectivity index (χ2v) is 5.19. The van der Waals surface area contributed by atoms with Crippen molar-refractivity contribution in [1.82, 2.24) is 10.3 Å². The minimum absolute atomic E-state index is 0.0550. The highest BCUT2D eigenvalue weighted by Crippen LogP contribution is 2.22. The van der Waals surface area contributed by atoms with E-state index in [-0.39, 0.29) is 12.3 Å². The average molecular weight is 336 g/mol. The number of furan rings is 1. The number of amides is 1. The Kier molecular flexibility index (Phi) is 5.21. The zero-order valence-electron chi connectivity index (χ0n) is 13.3. The number of hydrogen-bond donors (Lipinski definition) is 1. The smallest absolute Gasteiger partial charge is 0.287 e. The molecular weight excluding hydrogens is 320 g/mol. The molecule has 0 radical (unpaired) electrons. The monoisotopic (exact) mass is 336 g/mol. The van der Waals surface area contributed by atoms with Gasteiger partial charge in [-0.1, -0.05) is 30.3 Å². The molecule has 0 bridgehead atoms. The van der Waals surface area contributed by atoms with Crippen LogP contribution in [0.2, 0.25) is 0 Å². The molecule has 0 spiro atoms. The molecule has 0 fully saturated rings. The van der Waals surface area contributed by atoms with Crippen LogP contribution in [0.25, 0.3) is 11.5 Å². The third kappa shape index (κ3) is 4.32. The number of aromatic nitrogens is 1. The summed E-state index contributed by atoms with van der Waals surface area (Å²) in [5, 5.41) is 2.41. The van der Waals surface area contributed by atoms with Gasteiger partial charge < -0.3 is 19.3 Å². The summed E-state index contributed by atoms with van der Waals surface area (Å²) in [5.41, 5.74) is 1.66. The maximum Gasteiger partial charge on any atom is 0.287 e. The molecule has 25 heavy (non-hydrogen) atoms. The highest BCUT2D eigenvalue weighted by atomic mass is 16.5. The molecule has 0 atom stereocenters. The standard InChI is InChI=1S/C19H16N2O4/c22-11-10-20-19(23)18-9-8-17(25-18)16-7-6-15(12-21-16)24-13-14-4-2-1-3-5-14/h1-9,11-12H,10,13H2,(H,20,23). The van der Waals surface area contributed by atoms with Crippen molar-refractivity contribution < 1.29 is 18.7 Å². The minimum atomic E-state index is -0.443. The second kappa shape index (κ2) is 7.92. The first-order chi connectivity index (χ1) is 12.3. The van der Waals surface area contributed by atoms with Crippen molar-refractivity contribution in [2.75, 3.05) is 6.54 Å². The Hall–Kier alpha value is -3.41. The molecule has 3 aromatic rings. The molecule has 2 heterocycles. The van der Waals surface area contributed by atoms with Gasteiger partial charge in [-0.25, -0.2) is 4.98 Å². The molecule has 6 heteroatoms. The summed E-state index contributed by atoms with van der Waals surface area (Å²) >= 11 is 0. The van der Waals surface area contributed by atoms with Crippen molar-refractivity contribution in [1.29, 1.82) is 0 Å². The summed E-state index contributed by atoms with van der Waals surface area (Å²) in [6.45, 7) is 0.407. The van der Waals surface area contributed by atoms with Crippen molar-refractivity contribution in [2.24, 2.45) is 0 Å². The second-order valence-electron chi connectivity index (χ2n) is 5.19. The van der Waals surface area contributed by atoms with E-state index in [1.165, 1.54) is 6.07 Å². The van der Waals surface area contributed by atoms with E-state index in [2.05, 4.69) is 10.3 Å². The zero-order valence-corrected chi connectivity index (χ0v) is 13.3. The number of carbonyl (C=O) groups excluding carboxylic acids is 2. The number of ether oxygens (including phenoxy) is 1. The summed E-state index contributed by atoms with van der Waals surface area (Å²) < 4.78 is 11.1. The Labute approximate surface area is 144 Å². The molecule has 0 unspecified atom stereocenters. The third-order valence-corrected chi connectivity index (χ3v) is 3.41. The Morgan fingerprint density at radius 3 is 2.68 bits per heavy atom. The van der Waals surface area contributed by atoms with Gasteiger partial charge >= 0.3 is 0 Å². The van der Waals surface area contributed by atoms with Crippen LogP contribution in [0.15, 0.2) is 65.2 Å². The zero-order chi connectivity index (χ0) is 17.5. The van der Waals surface area contributed by atoms with E-state index in [0.717, 1.165) is 5.56 Å². The first-order valence-corrected chi connectivity index (χ1v) is 7.71. The van der Waals surface area contributed by atoms with Gasteiger partial charge in [0.1, 0.15) is 24.3 Å². The van der Waals surface area contributed by atoms with Crippen LogP contribution in [-0.2, 0) is 11.4 Å². The maximum atomic E-state index is 11.7. The van der Waals surface area contributed by atoms with Crippen LogP contribution in [0, 0.1) is 0 Å². The molecule has 126 valence electrons. The Morgan fingerprint density at radius 2 is 1.96 bits per heavy atom. The van der Waals surface area contributed by atoms with Gasteiger partial charge in [0.15, 0.2) is 11.5 Å². The number of nitrogens with one attached hydrogen (secondary N) is 1. The molecule has 0 aliphatic carbocycles. The van der Waals surface area contributed by atoms with E-state index in [4.69, 9.17) is 9.15 Å². The van der Waals surface area contributed by atoms with Crippen LogP contribution in [0.4, 0.5) is 0 Å². The van der Waals surface area contributed by atoms with Crippen LogP contribution in [0.5, 0.6) is 5.75 Å². The van der Waals surface area contributed by atoms with Gasteiger partial charge in [-0.05, 0) is 29.8 Å². The van der Waals surface area contributed by atoms with Crippen molar-refractivity contribution in [2.45, 2.75) is 6.61 Å². The first-order valence-electron chi connectivity index (χ1n) is 7.71. The molecule has 1 aromatic carbocycles. The van der Waals surface area contributed by atoms with Gasteiger partial charge in [0, 0.05) is 0 Å². The SMILES string of the molecule is O=CCNC(=O)c1ccc(-c2ccc(OCc3ccccc3)cn2)o1. The van der Waals surface area contributed by atoms with E-state index in [9.17, 15) is 9.59 Å². The number of pyridine rings is 1. The van der Waals surface area contributed by atoms with E-state index in [0.29, 0.717) is 30.1 Å². The van der Waals surface area contributed by atoms with E-state index >= 15 is 0 Å². The molecule has 3 rings (SSSR count). The number of hydrogen-bond acceptors (Lipinski definition) is 5. The van der Waals surface area contributed by atoms with Gasteiger partial charge in [-0.3, -0.25) is 4.79 Å². The first kappa shape index (κ1) is 16.4. The quantitative estimate of drug-likeness (QED) is 0.671. The lowest BCUT2D eigenvalue weighted by molar-refractivity contribution is -0.107. The predicted octanol–water partition coefficient (Wildman–Crippen LogP) is 2.85. The van der Waals surface area contributed by atoms with E-state index in [1.54, 1.807) is 24.4 Å². The number of aldehydes is 1.